The number of amides is 1. The van der Waals surface area contributed by atoms with E-state index < -0.39 is 0 Å². The average molecular weight is 413 g/mol. The van der Waals surface area contributed by atoms with E-state index in [1.807, 2.05) is 11.6 Å². The highest BCUT2D eigenvalue weighted by atomic mass is 32.1. The number of fused-ring (bicyclic) bond motifs is 1. The van der Waals surface area contributed by atoms with Gasteiger partial charge in [-0.3, -0.25) is 4.79 Å². The van der Waals surface area contributed by atoms with E-state index in [-0.39, 0.29) is 5.91 Å². The number of rotatable bonds is 5. The van der Waals surface area contributed by atoms with Crippen molar-refractivity contribution in [2.75, 3.05) is 21.3 Å². The molecule has 1 aromatic heterocycles. The van der Waals surface area contributed by atoms with Crippen molar-refractivity contribution in [2.45, 2.75) is 13.8 Å². The van der Waals surface area contributed by atoms with Crippen LogP contribution >= 0.6 is 11.3 Å². The largest absolute Gasteiger partial charge is 0.493 e. The van der Waals surface area contributed by atoms with Crippen LogP contribution in [-0.4, -0.2) is 31.8 Å². The third kappa shape index (κ3) is 4.19. The van der Waals surface area contributed by atoms with E-state index in [1.165, 1.54) is 28.5 Å². The van der Waals surface area contributed by atoms with Crippen molar-refractivity contribution < 1.29 is 19.0 Å². The molecule has 0 saturated carbocycles. The highest BCUT2D eigenvalue weighted by Crippen LogP contribution is 2.38. The standard InChI is InChI=1S/C22H24N2O4S/c1-13-9-16-19(10-14(13)2)29-22(24(16)3)23-20(25)8-7-15-11-17(26-4)21(28-6)18(12-15)27-5/h7-12H,1-6H3. The number of nitrogens with zero attached hydrogens (tertiary/aromatic N) is 2. The molecule has 1 amide bonds. The van der Waals surface area contributed by atoms with Gasteiger partial charge in [0.2, 0.25) is 5.75 Å². The quantitative estimate of drug-likeness (QED) is 0.594. The second-order valence-electron chi connectivity index (χ2n) is 6.59. The molecule has 2 aromatic carbocycles. The molecule has 3 aromatic rings. The molecule has 0 radical (unpaired) electrons. The van der Waals surface area contributed by atoms with Crippen LogP contribution in [0.4, 0.5) is 0 Å². The summed E-state index contributed by atoms with van der Waals surface area (Å²) in [5, 5.41) is 0. The van der Waals surface area contributed by atoms with Gasteiger partial charge < -0.3 is 18.8 Å². The van der Waals surface area contributed by atoms with Gasteiger partial charge in [0.1, 0.15) is 0 Å². The van der Waals surface area contributed by atoms with E-state index >= 15 is 0 Å². The van der Waals surface area contributed by atoms with Gasteiger partial charge in [-0.25, -0.2) is 0 Å². The minimum Gasteiger partial charge on any atom is -0.493 e. The van der Waals surface area contributed by atoms with Gasteiger partial charge in [-0.15, -0.1) is 0 Å². The van der Waals surface area contributed by atoms with Crippen molar-refractivity contribution in [1.82, 2.24) is 4.57 Å². The second kappa shape index (κ2) is 8.53. The lowest BCUT2D eigenvalue weighted by molar-refractivity contribution is -0.113. The molecule has 7 heteroatoms. The second-order valence-corrected chi connectivity index (χ2v) is 7.60. The molecule has 6 nitrogen and oxygen atoms in total. The van der Waals surface area contributed by atoms with Crippen LogP contribution < -0.4 is 19.0 Å². The van der Waals surface area contributed by atoms with Crippen molar-refractivity contribution in [1.29, 1.82) is 0 Å². The SMILES string of the molecule is COc1cc(C=CC(=O)N=c2sc3cc(C)c(C)cc3n2C)cc(OC)c1OC. The molecule has 1 heterocycles. The van der Waals surface area contributed by atoms with Crippen LogP contribution in [-0.2, 0) is 11.8 Å². The first-order valence-electron chi connectivity index (χ1n) is 9.01. The van der Waals surface area contributed by atoms with E-state index in [0.29, 0.717) is 22.0 Å². The van der Waals surface area contributed by atoms with Crippen LogP contribution in [0.25, 0.3) is 16.3 Å². The zero-order valence-electron chi connectivity index (χ0n) is 17.4. The van der Waals surface area contributed by atoms with Gasteiger partial charge in [0, 0.05) is 13.1 Å². The van der Waals surface area contributed by atoms with E-state index in [4.69, 9.17) is 14.2 Å². The summed E-state index contributed by atoms with van der Waals surface area (Å²) in [6.45, 7) is 4.16. The fraction of sp³-hybridized carbons (Fsp3) is 0.273. The van der Waals surface area contributed by atoms with Crippen molar-refractivity contribution in [3.63, 3.8) is 0 Å². The molecular weight excluding hydrogens is 388 g/mol. The van der Waals surface area contributed by atoms with Crippen LogP contribution in [0.5, 0.6) is 17.2 Å². The van der Waals surface area contributed by atoms with Crippen LogP contribution in [0.15, 0.2) is 35.3 Å². The lowest BCUT2D eigenvalue weighted by atomic mass is 10.1. The number of hydrogen-bond acceptors (Lipinski definition) is 5. The maximum Gasteiger partial charge on any atom is 0.272 e. The van der Waals surface area contributed by atoms with E-state index in [2.05, 4.69) is 31.0 Å². The molecule has 0 N–H and O–H groups in total. The van der Waals surface area contributed by atoms with Crippen molar-refractivity contribution in [3.8, 4) is 17.2 Å². The number of carbonyl (C=O) groups excluding carboxylic acids is 1. The smallest absolute Gasteiger partial charge is 0.272 e. The number of aromatic nitrogens is 1. The Balaban J connectivity index is 1.94. The first-order valence-corrected chi connectivity index (χ1v) is 9.83. The van der Waals surface area contributed by atoms with Gasteiger partial charge >= 0.3 is 0 Å². The Morgan fingerprint density at radius 2 is 1.62 bits per heavy atom. The molecular formula is C22H24N2O4S. The molecule has 29 heavy (non-hydrogen) atoms. The highest BCUT2D eigenvalue weighted by Gasteiger charge is 2.12. The normalized spacial score (nSPS) is 12.0. The molecule has 3 rings (SSSR count). The molecule has 0 aliphatic heterocycles. The van der Waals surface area contributed by atoms with Crippen LogP contribution in [0, 0.1) is 13.8 Å². The Bertz CT molecular complexity index is 1150. The predicted molar refractivity (Wildman–Crippen MR) is 116 cm³/mol. The van der Waals surface area contributed by atoms with Gasteiger partial charge in [-0.1, -0.05) is 11.3 Å². The van der Waals surface area contributed by atoms with Gasteiger partial charge in [0.15, 0.2) is 16.3 Å². The Morgan fingerprint density at radius 1 is 1.00 bits per heavy atom. The molecule has 152 valence electrons. The monoisotopic (exact) mass is 412 g/mol. The Hall–Kier alpha value is -3.06. The first-order chi connectivity index (χ1) is 13.9. The number of thiazole rings is 1. The van der Waals surface area contributed by atoms with Crippen LogP contribution in [0.2, 0.25) is 0 Å². The van der Waals surface area contributed by atoms with Gasteiger partial charge in [-0.2, -0.15) is 4.99 Å². The first kappa shape index (κ1) is 20.7. The van der Waals surface area contributed by atoms with Crippen molar-refractivity contribution in [3.05, 3.63) is 51.8 Å². The van der Waals surface area contributed by atoms with Gasteiger partial charge in [-0.05, 0) is 60.9 Å². The number of aryl methyl sites for hydroxylation is 3. The van der Waals surface area contributed by atoms with E-state index in [0.717, 1.165) is 15.8 Å². The number of carbonyl (C=O) groups is 1. The average Bonchev–Trinajstić information content (AvgIpc) is 3.00. The third-order valence-corrected chi connectivity index (χ3v) is 5.83. The third-order valence-electron chi connectivity index (χ3n) is 4.74. The Kier molecular flexibility index (Phi) is 6.08. The maximum absolute atomic E-state index is 12.4. The number of ether oxygens (including phenoxy) is 3. The molecule has 0 atom stereocenters. The summed E-state index contributed by atoms with van der Waals surface area (Å²) in [6, 6.07) is 7.80. The van der Waals surface area contributed by atoms with Crippen molar-refractivity contribution >= 4 is 33.5 Å². The maximum atomic E-state index is 12.4. The number of hydrogen-bond donors (Lipinski definition) is 0. The summed E-state index contributed by atoms with van der Waals surface area (Å²) in [7, 11) is 6.57. The molecule has 0 unspecified atom stereocenters. The van der Waals surface area contributed by atoms with E-state index in [1.54, 1.807) is 39.5 Å². The highest BCUT2D eigenvalue weighted by molar-refractivity contribution is 7.16. The fourth-order valence-electron chi connectivity index (χ4n) is 2.98. The Morgan fingerprint density at radius 3 is 2.21 bits per heavy atom. The summed E-state index contributed by atoms with van der Waals surface area (Å²) in [4.78, 5) is 17.3. The fourth-order valence-corrected chi connectivity index (χ4v) is 4.09. The molecule has 0 aliphatic rings. The summed E-state index contributed by atoms with van der Waals surface area (Å²) < 4.78 is 19.0. The summed E-state index contributed by atoms with van der Waals surface area (Å²) >= 11 is 1.50. The van der Waals surface area contributed by atoms with Gasteiger partial charge in [0.05, 0.1) is 31.5 Å². The lowest BCUT2D eigenvalue weighted by Gasteiger charge is -2.12. The summed E-state index contributed by atoms with van der Waals surface area (Å²) in [5.41, 5.74) is 4.25. The van der Waals surface area contributed by atoms with Gasteiger partial charge in [0.25, 0.3) is 5.91 Å². The van der Waals surface area contributed by atoms with Crippen LogP contribution in [0.3, 0.4) is 0 Å². The van der Waals surface area contributed by atoms with Crippen molar-refractivity contribution in [2.24, 2.45) is 12.0 Å². The predicted octanol–water partition coefficient (Wildman–Crippen LogP) is 4.02. The minimum atomic E-state index is -0.339. The minimum absolute atomic E-state index is 0.339. The lowest BCUT2D eigenvalue weighted by Crippen LogP contribution is -2.12. The zero-order valence-corrected chi connectivity index (χ0v) is 18.2. The molecule has 0 aliphatic carbocycles. The van der Waals surface area contributed by atoms with E-state index in [9.17, 15) is 4.79 Å². The molecule has 0 spiro atoms. The zero-order chi connectivity index (χ0) is 21.1. The van der Waals surface area contributed by atoms with Crippen LogP contribution in [0.1, 0.15) is 16.7 Å². The molecule has 0 bridgehead atoms. The molecule has 0 saturated heterocycles. The Labute approximate surface area is 173 Å². The number of methoxy groups -OCH3 is 3. The topological polar surface area (TPSA) is 62.0 Å². The summed E-state index contributed by atoms with van der Waals surface area (Å²) in [6.07, 6.45) is 3.11. The number of benzene rings is 2. The molecule has 0 fully saturated rings. The summed E-state index contributed by atoms with van der Waals surface area (Å²) in [5.74, 6) is 1.22.